The summed E-state index contributed by atoms with van der Waals surface area (Å²) in [7, 11) is 0. The van der Waals surface area contributed by atoms with E-state index in [4.69, 9.17) is 11.6 Å². The number of aromatic nitrogens is 1. The average Bonchev–Trinajstić information content (AvgIpc) is 3.02. The van der Waals surface area contributed by atoms with E-state index in [9.17, 15) is 15.2 Å². The van der Waals surface area contributed by atoms with Gasteiger partial charge in [0.25, 0.3) is 5.69 Å². The second-order valence-electron chi connectivity index (χ2n) is 5.16. The summed E-state index contributed by atoms with van der Waals surface area (Å²) in [4.78, 5) is 18.7. The quantitative estimate of drug-likeness (QED) is 0.383. The number of aliphatic imine (C=N–C) groups is 1. The Morgan fingerprint density at radius 3 is 2.60 bits per heavy atom. The molecule has 0 aliphatic heterocycles. The van der Waals surface area contributed by atoms with Gasteiger partial charge in [-0.2, -0.15) is 0 Å². The molecule has 8 heteroatoms. The van der Waals surface area contributed by atoms with Crippen LogP contribution in [0.1, 0.15) is 10.6 Å². The van der Waals surface area contributed by atoms with E-state index in [1.807, 2.05) is 24.4 Å². The minimum absolute atomic E-state index is 0.0680. The van der Waals surface area contributed by atoms with Crippen molar-refractivity contribution in [1.29, 1.82) is 0 Å². The lowest BCUT2D eigenvalue weighted by molar-refractivity contribution is -0.398. The molecule has 2 aromatic carbocycles. The summed E-state index contributed by atoms with van der Waals surface area (Å²) in [6, 6.07) is 9.70. The number of thiazole rings is 1. The van der Waals surface area contributed by atoms with Gasteiger partial charge < -0.3 is 5.11 Å². The van der Waals surface area contributed by atoms with Gasteiger partial charge in [0.2, 0.25) is 0 Å². The first-order chi connectivity index (χ1) is 11.9. The predicted molar refractivity (Wildman–Crippen MR) is 97.1 cm³/mol. The summed E-state index contributed by atoms with van der Waals surface area (Å²) in [5.41, 5.74) is 1.97. The van der Waals surface area contributed by atoms with Crippen LogP contribution in [0.5, 0.6) is 5.75 Å². The van der Waals surface area contributed by atoms with Crippen molar-refractivity contribution in [3.8, 4) is 17.0 Å². The number of benzene rings is 2. The highest BCUT2D eigenvalue weighted by atomic mass is 35.5. The number of halogens is 1. The van der Waals surface area contributed by atoms with E-state index in [1.165, 1.54) is 12.3 Å². The Kier molecular flexibility index (Phi) is 4.78. The highest BCUT2D eigenvalue weighted by Crippen LogP contribution is 2.30. The third-order valence-electron chi connectivity index (χ3n) is 3.39. The van der Waals surface area contributed by atoms with E-state index in [1.54, 1.807) is 23.5 Å². The maximum Gasteiger partial charge on any atom is 0.263 e. The molecule has 0 fully saturated rings. The molecule has 0 saturated heterocycles. The Labute approximate surface area is 152 Å². The molecule has 0 radical (unpaired) electrons. The van der Waals surface area contributed by atoms with Crippen LogP contribution in [0, 0.1) is 17.0 Å². The highest BCUT2D eigenvalue weighted by molar-refractivity contribution is 7.09. The van der Waals surface area contributed by atoms with E-state index in [-0.39, 0.29) is 10.6 Å². The summed E-state index contributed by atoms with van der Waals surface area (Å²) >= 11 is 7.40. The number of hydrogen-bond acceptors (Lipinski definition) is 6. The zero-order valence-corrected chi connectivity index (χ0v) is 14.5. The molecule has 0 unspecified atom stereocenters. The van der Waals surface area contributed by atoms with Crippen molar-refractivity contribution in [1.82, 2.24) is 4.98 Å². The number of nitrogens with zero attached hydrogens (tertiary/aromatic N) is 3. The van der Waals surface area contributed by atoms with Crippen molar-refractivity contribution in [3.05, 3.63) is 67.5 Å². The van der Waals surface area contributed by atoms with Crippen molar-refractivity contribution in [2.75, 3.05) is 0 Å². The third kappa shape index (κ3) is 3.84. The van der Waals surface area contributed by atoms with E-state index in [0.29, 0.717) is 5.69 Å². The SMILES string of the molecule is Cc1nc(-c2ccc(N=Cc3cc(Cl)cc([N+](=O)[O-])c3[O-])cc2)cs1. The highest BCUT2D eigenvalue weighted by Gasteiger charge is 2.11. The molecule has 0 aliphatic rings. The number of hydrogen-bond donors (Lipinski definition) is 0. The molecule has 1 aromatic heterocycles. The minimum atomic E-state index is -0.754. The smallest absolute Gasteiger partial charge is 0.263 e. The first-order valence-electron chi connectivity index (χ1n) is 7.15. The van der Waals surface area contributed by atoms with E-state index in [2.05, 4.69) is 9.98 Å². The van der Waals surface area contributed by atoms with Gasteiger partial charge in [0.15, 0.2) is 0 Å². The molecule has 0 spiro atoms. The molecule has 126 valence electrons. The lowest BCUT2D eigenvalue weighted by Crippen LogP contribution is -2.02. The molecule has 0 amide bonds. The van der Waals surface area contributed by atoms with Crippen LogP contribution in [0.4, 0.5) is 11.4 Å². The molecule has 0 saturated carbocycles. The van der Waals surface area contributed by atoms with Crippen LogP contribution in [0.3, 0.4) is 0 Å². The molecule has 0 bridgehead atoms. The van der Waals surface area contributed by atoms with Crippen LogP contribution in [0.25, 0.3) is 11.3 Å². The molecule has 25 heavy (non-hydrogen) atoms. The van der Waals surface area contributed by atoms with Crippen LogP contribution in [0.2, 0.25) is 5.02 Å². The van der Waals surface area contributed by atoms with Gasteiger partial charge in [0, 0.05) is 28.2 Å². The van der Waals surface area contributed by atoms with Gasteiger partial charge in [-0.05, 0) is 36.4 Å². The van der Waals surface area contributed by atoms with Crippen molar-refractivity contribution < 1.29 is 10.0 Å². The second-order valence-corrected chi connectivity index (χ2v) is 6.66. The normalized spacial score (nSPS) is 11.1. The number of nitro groups is 1. The Bertz CT molecular complexity index is 968. The lowest BCUT2D eigenvalue weighted by atomic mass is 10.1. The lowest BCUT2D eigenvalue weighted by Gasteiger charge is -2.10. The van der Waals surface area contributed by atoms with Gasteiger partial charge >= 0.3 is 0 Å². The van der Waals surface area contributed by atoms with Crippen LogP contribution < -0.4 is 5.11 Å². The minimum Gasteiger partial charge on any atom is -0.867 e. The Morgan fingerprint density at radius 2 is 2.00 bits per heavy atom. The predicted octanol–water partition coefficient (Wildman–Crippen LogP) is 4.50. The van der Waals surface area contributed by atoms with Crippen LogP contribution in [-0.2, 0) is 0 Å². The van der Waals surface area contributed by atoms with Gasteiger partial charge in [0.05, 0.1) is 21.3 Å². The van der Waals surface area contributed by atoms with Gasteiger partial charge in [-0.1, -0.05) is 23.7 Å². The van der Waals surface area contributed by atoms with Crippen molar-refractivity contribution >= 4 is 40.5 Å². The second kappa shape index (κ2) is 7.00. The van der Waals surface area contributed by atoms with Gasteiger partial charge in [0.1, 0.15) is 0 Å². The van der Waals surface area contributed by atoms with E-state index >= 15 is 0 Å². The Morgan fingerprint density at radius 1 is 1.28 bits per heavy atom. The number of aryl methyl sites for hydroxylation is 1. The molecule has 1 heterocycles. The van der Waals surface area contributed by atoms with Gasteiger partial charge in [-0.15, -0.1) is 11.3 Å². The zero-order valence-electron chi connectivity index (χ0n) is 13.0. The molecule has 3 aromatic rings. The largest absolute Gasteiger partial charge is 0.867 e. The maximum absolute atomic E-state index is 12.0. The molecule has 0 atom stereocenters. The topological polar surface area (TPSA) is 91.5 Å². The number of rotatable bonds is 4. The van der Waals surface area contributed by atoms with Crippen LogP contribution in [0.15, 0.2) is 46.8 Å². The number of nitro benzene ring substituents is 1. The summed E-state index contributed by atoms with van der Waals surface area (Å²) in [5, 5.41) is 26.0. The first-order valence-corrected chi connectivity index (χ1v) is 8.41. The fourth-order valence-electron chi connectivity index (χ4n) is 2.19. The molecular weight excluding hydrogens is 362 g/mol. The van der Waals surface area contributed by atoms with E-state index in [0.717, 1.165) is 22.3 Å². The van der Waals surface area contributed by atoms with Crippen molar-refractivity contribution in [2.45, 2.75) is 6.92 Å². The average molecular weight is 373 g/mol. The Hall–Kier alpha value is -2.77. The first kappa shape index (κ1) is 17.1. The molecule has 0 N–H and O–H groups in total. The Balaban J connectivity index is 1.86. The molecule has 0 aliphatic carbocycles. The van der Waals surface area contributed by atoms with Crippen LogP contribution >= 0.6 is 22.9 Å². The fraction of sp³-hybridized carbons (Fsp3) is 0.0588. The van der Waals surface area contributed by atoms with Crippen LogP contribution in [-0.4, -0.2) is 16.1 Å². The monoisotopic (exact) mass is 372 g/mol. The van der Waals surface area contributed by atoms with Gasteiger partial charge in [-0.25, -0.2) is 4.98 Å². The maximum atomic E-state index is 12.0. The third-order valence-corrected chi connectivity index (χ3v) is 4.39. The van der Waals surface area contributed by atoms with Crippen molar-refractivity contribution in [3.63, 3.8) is 0 Å². The summed E-state index contributed by atoms with van der Waals surface area (Å²) in [5.74, 6) is -0.715. The zero-order chi connectivity index (χ0) is 18.0. The van der Waals surface area contributed by atoms with Crippen molar-refractivity contribution in [2.24, 2.45) is 4.99 Å². The summed E-state index contributed by atoms with van der Waals surface area (Å²) in [6.07, 6.45) is 1.28. The standard InChI is InChI=1S/C17H12ClN3O3S/c1-10-20-15(9-25-10)11-2-4-14(5-3-11)19-8-12-6-13(18)7-16(17(12)22)21(23)24/h2-9,22H,1H3/p-1. The summed E-state index contributed by atoms with van der Waals surface area (Å²) in [6.45, 7) is 1.94. The van der Waals surface area contributed by atoms with E-state index < -0.39 is 16.4 Å². The molecule has 3 rings (SSSR count). The molecular formula is C17H11ClN3O3S-. The molecule has 6 nitrogen and oxygen atoms in total. The van der Waals surface area contributed by atoms with Gasteiger partial charge in [-0.3, -0.25) is 15.1 Å². The summed E-state index contributed by atoms with van der Waals surface area (Å²) < 4.78 is 0. The fourth-order valence-corrected chi connectivity index (χ4v) is 3.03.